The molecule has 1 aromatic rings. The molecule has 0 fully saturated rings. The highest BCUT2D eigenvalue weighted by Crippen LogP contribution is 2.25. The van der Waals surface area contributed by atoms with Gasteiger partial charge in [-0.25, -0.2) is 8.42 Å². The first-order valence-corrected chi connectivity index (χ1v) is 7.36. The molecule has 19 heavy (non-hydrogen) atoms. The van der Waals surface area contributed by atoms with Crippen molar-refractivity contribution in [3.05, 3.63) is 23.3 Å². The number of benzene rings is 1. The Labute approximate surface area is 112 Å². The third-order valence-electron chi connectivity index (χ3n) is 2.42. The maximum Gasteiger partial charge on any atom is 0.323 e. The highest BCUT2D eigenvalue weighted by Gasteiger charge is 2.18. The molecule has 0 bridgehead atoms. The highest BCUT2D eigenvalue weighted by molar-refractivity contribution is 7.93. The number of nitrogens with one attached hydrogen (secondary N) is 1. The van der Waals surface area contributed by atoms with Crippen molar-refractivity contribution in [1.29, 1.82) is 0 Å². The quantitative estimate of drug-likeness (QED) is 0.629. The van der Waals surface area contributed by atoms with E-state index in [9.17, 15) is 18.3 Å². The van der Waals surface area contributed by atoms with Crippen molar-refractivity contribution in [2.75, 3.05) is 17.1 Å². The number of carbonyl (C=O) groups excluding carboxylic acids is 1. The van der Waals surface area contributed by atoms with Gasteiger partial charge in [-0.2, -0.15) is 0 Å². The Morgan fingerprint density at radius 1 is 1.32 bits per heavy atom. The van der Waals surface area contributed by atoms with Crippen LogP contribution in [0.3, 0.4) is 0 Å². The second kappa shape index (κ2) is 5.92. The Morgan fingerprint density at radius 2 is 1.95 bits per heavy atom. The van der Waals surface area contributed by atoms with Crippen molar-refractivity contribution < 1.29 is 23.1 Å². The summed E-state index contributed by atoms with van der Waals surface area (Å²) in [5.74, 6) is -1.45. The number of aryl methyl sites for hydroxylation is 2. The van der Waals surface area contributed by atoms with Crippen LogP contribution < -0.4 is 4.72 Å². The summed E-state index contributed by atoms with van der Waals surface area (Å²) < 4.78 is 30.4. The van der Waals surface area contributed by atoms with Gasteiger partial charge in [-0.05, 0) is 44.0 Å². The first kappa shape index (κ1) is 15.3. The van der Waals surface area contributed by atoms with Crippen molar-refractivity contribution in [3.8, 4) is 5.75 Å². The Kier molecular flexibility index (Phi) is 4.77. The molecule has 0 saturated carbocycles. The first-order valence-electron chi connectivity index (χ1n) is 5.71. The molecule has 0 radical (unpaired) electrons. The number of sulfonamides is 1. The van der Waals surface area contributed by atoms with Crippen molar-refractivity contribution in [3.63, 3.8) is 0 Å². The van der Waals surface area contributed by atoms with Crippen LogP contribution in [0.15, 0.2) is 12.1 Å². The predicted molar refractivity (Wildman–Crippen MR) is 71.6 cm³/mol. The van der Waals surface area contributed by atoms with Gasteiger partial charge < -0.3 is 9.84 Å². The van der Waals surface area contributed by atoms with Gasteiger partial charge in [-0.3, -0.25) is 9.52 Å². The van der Waals surface area contributed by atoms with Crippen molar-refractivity contribution in [1.82, 2.24) is 0 Å². The molecule has 0 saturated heterocycles. The van der Waals surface area contributed by atoms with E-state index >= 15 is 0 Å². The molecule has 0 atom stereocenters. The molecule has 0 aromatic heterocycles. The third-order valence-corrected chi connectivity index (χ3v) is 3.57. The van der Waals surface area contributed by atoms with E-state index in [1.807, 2.05) is 0 Å². The van der Waals surface area contributed by atoms with Crippen LogP contribution >= 0.6 is 0 Å². The van der Waals surface area contributed by atoms with Crippen LogP contribution in [0.1, 0.15) is 18.1 Å². The zero-order chi connectivity index (χ0) is 14.6. The summed E-state index contributed by atoms with van der Waals surface area (Å²) in [6.45, 7) is 5.04. The molecule has 0 heterocycles. The summed E-state index contributed by atoms with van der Waals surface area (Å²) in [4.78, 5) is 11.2. The molecule has 0 aliphatic rings. The predicted octanol–water partition coefficient (Wildman–Crippen LogP) is 1.31. The van der Waals surface area contributed by atoms with Gasteiger partial charge >= 0.3 is 5.97 Å². The molecule has 0 spiro atoms. The van der Waals surface area contributed by atoms with E-state index in [0.29, 0.717) is 16.8 Å². The van der Waals surface area contributed by atoms with Crippen molar-refractivity contribution in [2.24, 2.45) is 0 Å². The minimum absolute atomic E-state index is 0.0887. The van der Waals surface area contributed by atoms with Crippen LogP contribution in [0.5, 0.6) is 5.75 Å². The topological polar surface area (TPSA) is 92.7 Å². The number of aromatic hydroxyl groups is 1. The number of ether oxygens (including phenoxy) is 1. The van der Waals surface area contributed by atoms with E-state index in [0.717, 1.165) is 0 Å². The molecule has 0 aliphatic heterocycles. The summed E-state index contributed by atoms with van der Waals surface area (Å²) in [5.41, 5.74) is 1.44. The molecule has 1 rings (SSSR count). The average molecular weight is 287 g/mol. The molecule has 106 valence electrons. The van der Waals surface area contributed by atoms with Gasteiger partial charge in [0.05, 0.1) is 12.3 Å². The Morgan fingerprint density at radius 3 is 2.53 bits per heavy atom. The average Bonchev–Trinajstić information content (AvgIpc) is 2.24. The van der Waals surface area contributed by atoms with Crippen molar-refractivity contribution in [2.45, 2.75) is 20.8 Å². The third kappa shape index (κ3) is 4.44. The van der Waals surface area contributed by atoms with E-state index in [-0.39, 0.29) is 12.4 Å². The minimum atomic E-state index is -3.81. The van der Waals surface area contributed by atoms with Crippen LogP contribution in [0.25, 0.3) is 0 Å². The summed E-state index contributed by atoms with van der Waals surface area (Å²) >= 11 is 0. The fourth-order valence-electron chi connectivity index (χ4n) is 1.47. The summed E-state index contributed by atoms with van der Waals surface area (Å²) in [6.07, 6.45) is 0. The number of carbonyl (C=O) groups is 1. The fourth-order valence-corrected chi connectivity index (χ4v) is 2.49. The molecular weight excluding hydrogens is 270 g/mol. The number of phenols is 1. The van der Waals surface area contributed by atoms with E-state index in [2.05, 4.69) is 9.46 Å². The van der Waals surface area contributed by atoms with Gasteiger partial charge in [0.25, 0.3) is 0 Å². The Bertz CT molecular complexity index is 580. The van der Waals surface area contributed by atoms with Crippen LogP contribution in [0, 0.1) is 13.8 Å². The first-order chi connectivity index (χ1) is 8.75. The smallest absolute Gasteiger partial charge is 0.323 e. The molecule has 0 aliphatic carbocycles. The number of hydrogen-bond acceptors (Lipinski definition) is 5. The lowest BCUT2D eigenvalue weighted by atomic mass is 10.1. The van der Waals surface area contributed by atoms with Crippen LogP contribution in [-0.4, -0.2) is 31.9 Å². The van der Waals surface area contributed by atoms with Gasteiger partial charge in [0.2, 0.25) is 10.0 Å². The van der Waals surface area contributed by atoms with Crippen LogP contribution in [0.4, 0.5) is 5.69 Å². The number of esters is 1. The molecule has 0 unspecified atom stereocenters. The van der Waals surface area contributed by atoms with Gasteiger partial charge in [0, 0.05) is 0 Å². The Balaban J connectivity index is 2.90. The maximum atomic E-state index is 11.8. The van der Waals surface area contributed by atoms with Gasteiger partial charge in [-0.1, -0.05) is 0 Å². The van der Waals surface area contributed by atoms with Gasteiger partial charge in [0.1, 0.15) is 5.75 Å². The van der Waals surface area contributed by atoms with E-state index in [1.54, 1.807) is 20.8 Å². The molecule has 2 N–H and O–H groups in total. The fraction of sp³-hybridized carbons (Fsp3) is 0.417. The van der Waals surface area contributed by atoms with Crippen molar-refractivity contribution >= 4 is 21.7 Å². The normalized spacial score (nSPS) is 11.1. The van der Waals surface area contributed by atoms with E-state index in [4.69, 9.17) is 0 Å². The zero-order valence-electron chi connectivity index (χ0n) is 11.1. The van der Waals surface area contributed by atoms with Gasteiger partial charge in [-0.15, -0.1) is 0 Å². The standard InChI is InChI=1S/C12H17NO5S/c1-4-18-12(15)7-19(16,17)13-10-5-9(3)11(14)6-8(10)2/h5-6,13-14H,4,7H2,1-3H3. The highest BCUT2D eigenvalue weighted by atomic mass is 32.2. The largest absolute Gasteiger partial charge is 0.508 e. The van der Waals surface area contributed by atoms with Crippen LogP contribution in [0.2, 0.25) is 0 Å². The van der Waals surface area contributed by atoms with Crippen LogP contribution in [-0.2, 0) is 19.6 Å². The molecule has 0 amide bonds. The lowest BCUT2D eigenvalue weighted by Gasteiger charge is -2.11. The second-order valence-electron chi connectivity index (χ2n) is 4.12. The van der Waals surface area contributed by atoms with Gasteiger partial charge in [0.15, 0.2) is 5.75 Å². The second-order valence-corrected chi connectivity index (χ2v) is 5.84. The molecule has 1 aromatic carbocycles. The number of anilines is 1. The van der Waals surface area contributed by atoms with E-state index < -0.39 is 21.7 Å². The SMILES string of the molecule is CCOC(=O)CS(=O)(=O)Nc1cc(C)c(O)cc1C. The molecule has 7 heteroatoms. The summed E-state index contributed by atoms with van der Waals surface area (Å²) in [6, 6.07) is 2.96. The minimum Gasteiger partial charge on any atom is -0.508 e. The lowest BCUT2D eigenvalue weighted by molar-refractivity contribution is -0.139. The lowest BCUT2D eigenvalue weighted by Crippen LogP contribution is -2.24. The molecule has 6 nitrogen and oxygen atoms in total. The number of rotatable bonds is 5. The molecular formula is C12H17NO5S. The Hall–Kier alpha value is -1.76. The monoisotopic (exact) mass is 287 g/mol. The maximum absolute atomic E-state index is 11.8. The number of phenolic OH excluding ortho intramolecular Hbond substituents is 1. The summed E-state index contributed by atoms with van der Waals surface area (Å²) in [5, 5.41) is 9.49. The number of hydrogen-bond donors (Lipinski definition) is 2. The zero-order valence-corrected chi connectivity index (χ0v) is 11.9. The van der Waals surface area contributed by atoms with E-state index in [1.165, 1.54) is 12.1 Å². The summed E-state index contributed by atoms with van der Waals surface area (Å²) in [7, 11) is -3.81.